The molecule has 2 aliphatic rings. The maximum atomic E-state index is 6.54. The second-order valence-corrected chi connectivity index (χ2v) is 10.4. The molecule has 0 saturated carbocycles. The Labute approximate surface area is 228 Å². The van der Waals surface area contributed by atoms with Gasteiger partial charge in [0.2, 0.25) is 6.79 Å². The van der Waals surface area contributed by atoms with Crippen LogP contribution in [0.15, 0.2) is 24.5 Å². The lowest BCUT2D eigenvalue weighted by atomic mass is 10.2. The van der Waals surface area contributed by atoms with Gasteiger partial charge in [0.1, 0.15) is 17.8 Å². The van der Waals surface area contributed by atoms with Gasteiger partial charge in [-0.2, -0.15) is 0 Å². The van der Waals surface area contributed by atoms with Crippen molar-refractivity contribution in [3.63, 3.8) is 0 Å². The largest absolute Gasteiger partial charge is 0.493 e. The summed E-state index contributed by atoms with van der Waals surface area (Å²) in [4.78, 5) is 11.3. The smallest absolute Gasteiger partial charge is 0.231 e. The number of methoxy groups -OCH3 is 1. The van der Waals surface area contributed by atoms with E-state index in [0.717, 1.165) is 40.5 Å². The number of hydrogen-bond acceptors (Lipinski definition) is 9. The van der Waals surface area contributed by atoms with Crippen molar-refractivity contribution in [2.24, 2.45) is 0 Å². The summed E-state index contributed by atoms with van der Waals surface area (Å²) in [6.45, 7) is 7.79. The van der Waals surface area contributed by atoms with Crippen LogP contribution in [0.3, 0.4) is 0 Å². The first-order valence-electron chi connectivity index (χ1n) is 11.8. The van der Waals surface area contributed by atoms with Gasteiger partial charge in [-0.1, -0.05) is 11.6 Å². The van der Waals surface area contributed by atoms with Crippen LogP contribution in [-0.2, 0) is 4.74 Å². The Morgan fingerprint density at radius 1 is 1.11 bits per heavy atom. The molecule has 0 spiro atoms. The van der Waals surface area contributed by atoms with Gasteiger partial charge in [0, 0.05) is 31.1 Å². The highest BCUT2D eigenvalue weighted by Crippen LogP contribution is 2.48. The van der Waals surface area contributed by atoms with E-state index in [1.165, 1.54) is 6.33 Å². The van der Waals surface area contributed by atoms with Gasteiger partial charge in [0.05, 0.1) is 40.0 Å². The van der Waals surface area contributed by atoms with Crippen molar-refractivity contribution in [3.8, 4) is 23.0 Å². The summed E-state index contributed by atoms with van der Waals surface area (Å²) in [6, 6.07) is 5.57. The molecule has 1 fully saturated rings. The summed E-state index contributed by atoms with van der Waals surface area (Å²) in [5.74, 6) is 3.04. The van der Waals surface area contributed by atoms with Crippen molar-refractivity contribution in [2.45, 2.75) is 32.5 Å². The maximum Gasteiger partial charge on any atom is 0.231 e. The highest BCUT2D eigenvalue weighted by atomic mass is 127. The molecular formula is C25H28ClIN4O5. The molecule has 3 heterocycles. The molecule has 5 rings (SSSR count). The van der Waals surface area contributed by atoms with Crippen molar-refractivity contribution in [1.29, 1.82) is 0 Å². The SMILES string of the molecule is COc1cc2c(Nc3c(Cl)cc(I)c4c3OCO4)ncnc2cc1OCCCN1C[C@@H](C)O[C@@H](C)C1. The van der Waals surface area contributed by atoms with E-state index >= 15 is 0 Å². The number of rotatable bonds is 8. The number of halogens is 2. The average molecular weight is 627 g/mol. The van der Waals surface area contributed by atoms with E-state index in [1.807, 2.05) is 18.2 Å². The molecule has 36 heavy (non-hydrogen) atoms. The zero-order chi connectivity index (χ0) is 25.2. The number of morpholine rings is 1. The minimum absolute atomic E-state index is 0.142. The van der Waals surface area contributed by atoms with Gasteiger partial charge in [-0.3, -0.25) is 4.90 Å². The molecule has 0 radical (unpaired) electrons. The molecular weight excluding hydrogens is 599 g/mol. The number of aromatic nitrogens is 2. The van der Waals surface area contributed by atoms with Gasteiger partial charge >= 0.3 is 0 Å². The van der Waals surface area contributed by atoms with E-state index < -0.39 is 0 Å². The first-order chi connectivity index (χ1) is 17.4. The monoisotopic (exact) mass is 626 g/mol. The van der Waals surface area contributed by atoms with Crippen molar-refractivity contribution in [3.05, 3.63) is 33.1 Å². The topological polar surface area (TPSA) is 87.2 Å². The molecule has 2 aromatic carbocycles. The third-order valence-electron chi connectivity index (χ3n) is 6.08. The first-order valence-corrected chi connectivity index (χ1v) is 13.3. The van der Waals surface area contributed by atoms with Crippen LogP contribution in [0.5, 0.6) is 23.0 Å². The fraction of sp³-hybridized carbons (Fsp3) is 0.440. The van der Waals surface area contributed by atoms with Crippen molar-refractivity contribution >= 4 is 56.6 Å². The number of nitrogens with one attached hydrogen (secondary N) is 1. The summed E-state index contributed by atoms with van der Waals surface area (Å²) in [5, 5.41) is 4.58. The number of anilines is 2. The molecule has 9 nitrogen and oxygen atoms in total. The second-order valence-electron chi connectivity index (χ2n) is 8.87. The zero-order valence-electron chi connectivity index (χ0n) is 20.3. The van der Waals surface area contributed by atoms with Gasteiger partial charge in [-0.05, 0) is 55.0 Å². The molecule has 192 valence electrons. The van der Waals surface area contributed by atoms with Gasteiger partial charge in [0.25, 0.3) is 0 Å². The molecule has 11 heteroatoms. The predicted molar refractivity (Wildman–Crippen MR) is 146 cm³/mol. The van der Waals surface area contributed by atoms with E-state index in [2.05, 4.69) is 56.6 Å². The van der Waals surface area contributed by atoms with Crippen LogP contribution in [0.25, 0.3) is 10.9 Å². The third-order valence-corrected chi connectivity index (χ3v) is 7.18. The normalized spacial score (nSPS) is 19.5. The molecule has 0 bridgehead atoms. The highest BCUT2D eigenvalue weighted by molar-refractivity contribution is 14.1. The summed E-state index contributed by atoms with van der Waals surface area (Å²) in [6.07, 6.45) is 2.91. The average Bonchev–Trinajstić information content (AvgIpc) is 3.34. The van der Waals surface area contributed by atoms with Gasteiger partial charge in [0.15, 0.2) is 23.0 Å². The van der Waals surface area contributed by atoms with Gasteiger partial charge in [-0.25, -0.2) is 9.97 Å². The Kier molecular flexibility index (Phi) is 7.75. The summed E-state index contributed by atoms with van der Waals surface area (Å²) in [7, 11) is 1.62. The lowest BCUT2D eigenvalue weighted by Gasteiger charge is -2.35. The lowest BCUT2D eigenvalue weighted by Crippen LogP contribution is -2.45. The van der Waals surface area contributed by atoms with Crippen LogP contribution in [0.4, 0.5) is 11.5 Å². The van der Waals surface area contributed by atoms with E-state index in [9.17, 15) is 0 Å². The Morgan fingerprint density at radius 2 is 1.89 bits per heavy atom. The molecule has 2 aliphatic heterocycles. The molecule has 1 N–H and O–H groups in total. The highest BCUT2D eigenvalue weighted by Gasteiger charge is 2.25. The number of benzene rings is 2. The Bertz CT molecular complexity index is 1250. The Morgan fingerprint density at radius 3 is 2.67 bits per heavy atom. The van der Waals surface area contributed by atoms with E-state index in [-0.39, 0.29) is 19.0 Å². The molecule has 2 atom stereocenters. The van der Waals surface area contributed by atoms with Crippen molar-refractivity contribution in [2.75, 3.05) is 45.5 Å². The molecule has 0 amide bonds. The first kappa shape index (κ1) is 25.4. The van der Waals surface area contributed by atoms with Crippen LogP contribution < -0.4 is 24.3 Å². The van der Waals surface area contributed by atoms with Crippen LogP contribution in [0.1, 0.15) is 20.3 Å². The second kappa shape index (κ2) is 11.0. The molecule has 1 saturated heterocycles. The van der Waals surface area contributed by atoms with Crippen molar-refractivity contribution in [1.82, 2.24) is 14.9 Å². The summed E-state index contributed by atoms with van der Waals surface area (Å²) in [5.41, 5.74) is 1.31. The lowest BCUT2D eigenvalue weighted by molar-refractivity contribution is -0.0686. The van der Waals surface area contributed by atoms with E-state index in [4.69, 9.17) is 35.3 Å². The summed E-state index contributed by atoms with van der Waals surface area (Å²) >= 11 is 8.71. The molecule has 3 aromatic rings. The summed E-state index contributed by atoms with van der Waals surface area (Å²) < 4.78 is 29.7. The standard InChI is InChI=1S/C25H28ClIN4O5/c1-14-10-31(11-15(2)36-14)5-4-6-33-21-9-19-16(7-20(21)32-3)25(29-12-28-19)30-22-17(26)8-18(27)23-24(22)35-13-34-23/h7-9,12,14-15H,4-6,10-11,13H2,1-3H3,(H,28,29,30)/t14-,15+. The van der Waals surface area contributed by atoms with E-state index in [0.29, 0.717) is 46.1 Å². The van der Waals surface area contributed by atoms with Crippen LogP contribution in [0, 0.1) is 3.57 Å². The van der Waals surface area contributed by atoms with Crippen LogP contribution in [-0.4, -0.2) is 67.2 Å². The zero-order valence-corrected chi connectivity index (χ0v) is 23.3. The molecule has 1 aromatic heterocycles. The minimum atomic E-state index is 0.142. The number of hydrogen-bond donors (Lipinski definition) is 1. The third kappa shape index (κ3) is 5.36. The van der Waals surface area contributed by atoms with Crippen LogP contribution in [0.2, 0.25) is 5.02 Å². The predicted octanol–water partition coefficient (Wildman–Crippen LogP) is 5.25. The Balaban J connectivity index is 1.33. The number of nitrogens with zero attached hydrogens (tertiary/aromatic N) is 3. The van der Waals surface area contributed by atoms with Gasteiger partial charge < -0.3 is 29.0 Å². The van der Waals surface area contributed by atoms with Gasteiger partial charge in [-0.15, -0.1) is 0 Å². The van der Waals surface area contributed by atoms with Crippen LogP contribution >= 0.6 is 34.2 Å². The number of ether oxygens (including phenoxy) is 5. The fourth-order valence-corrected chi connectivity index (χ4v) is 5.75. The molecule has 0 unspecified atom stereocenters. The van der Waals surface area contributed by atoms with E-state index in [1.54, 1.807) is 7.11 Å². The quantitative estimate of drug-likeness (QED) is 0.266. The number of fused-ring (bicyclic) bond motifs is 2. The minimum Gasteiger partial charge on any atom is -0.493 e. The molecule has 0 aliphatic carbocycles. The maximum absolute atomic E-state index is 6.54. The van der Waals surface area contributed by atoms with Crippen molar-refractivity contribution < 1.29 is 23.7 Å². The Hall–Kier alpha value is -2.28. The fourth-order valence-electron chi connectivity index (χ4n) is 4.61.